The highest BCUT2D eigenvalue weighted by molar-refractivity contribution is 5.66. The third-order valence-electron chi connectivity index (χ3n) is 2.05. The van der Waals surface area contributed by atoms with Gasteiger partial charge in [-0.15, -0.1) is 5.10 Å². The highest BCUT2D eigenvalue weighted by Crippen LogP contribution is 2.12. The lowest BCUT2D eigenvalue weighted by molar-refractivity contribution is -0.137. The zero-order chi connectivity index (χ0) is 11.5. The molecule has 84 valence electrons. The maximum absolute atomic E-state index is 10.3. The lowest BCUT2D eigenvalue weighted by atomic mass is 10.1. The maximum atomic E-state index is 10.3. The molecule has 0 aromatic carbocycles. The third-order valence-corrected chi connectivity index (χ3v) is 2.05. The topological polar surface area (TPSA) is 68.0 Å². The SMILES string of the molecule is CC(C)(C)n1cc(CCCC(=O)O)nn1. The van der Waals surface area contributed by atoms with Crippen molar-refractivity contribution in [2.45, 2.75) is 45.6 Å². The second kappa shape index (κ2) is 4.42. The van der Waals surface area contributed by atoms with Crippen LogP contribution in [-0.2, 0) is 16.8 Å². The summed E-state index contributed by atoms with van der Waals surface area (Å²) in [7, 11) is 0. The molecule has 0 fully saturated rings. The highest BCUT2D eigenvalue weighted by Gasteiger charge is 2.14. The summed E-state index contributed by atoms with van der Waals surface area (Å²) in [5.74, 6) is -0.766. The fraction of sp³-hybridized carbons (Fsp3) is 0.700. The van der Waals surface area contributed by atoms with Crippen molar-refractivity contribution in [2.75, 3.05) is 0 Å². The molecule has 0 saturated heterocycles. The van der Waals surface area contributed by atoms with Crippen molar-refractivity contribution in [2.24, 2.45) is 0 Å². The molecule has 5 heteroatoms. The first kappa shape index (κ1) is 11.7. The van der Waals surface area contributed by atoms with Crippen molar-refractivity contribution in [1.29, 1.82) is 0 Å². The van der Waals surface area contributed by atoms with Gasteiger partial charge in [-0.2, -0.15) is 0 Å². The lowest BCUT2D eigenvalue weighted by Crippen LogP contribution is -2.22. The van der Waals surface area contributed by atoms with Crippen LogP contribution in [0.3, 0.4) is 0 Å². The first-order chi connectivity index (χ1) is 6.89. The van der Waals surface area contributed by atoms with Gasteiger partial charge in [0.1, 0.15) is 0 Å². The summed E-state index contributed by atoms with van der Waals surface area (Å²) in [6.45, 7) is 6.13. The van der Waals surface area contributed by atoms with Crippen LogP contribution in [0.1, 0.15) is 39.3 Å². The van der Waals surface area contributed by atoms with Gasteiger partial charge in [-0.25, -0.2) is 4.68 Å². The number of aryl methyl sites for hydroxylation is 1. The number of aromatic nitrogens is 3. The second-order valence-electron chi connectivity index (χ2n) is 4.57. The van der Waals surface area contributed by atoms with Gasteiger partial charge in [0.25, 0.3) is 0 Å². The van der Waals surface area contributed by atoms with Gasteiger partial charge in [0, 0.05) is 12.6 Å². The minimum Gasteiger partial charge on any atom is -0.481 e. The van der Waals surface area contributed by atoms with Crippen molar-refractivity contribution in [3.05, 3.63) is 11.9 Å². The molecular weight excluding hydrogens is 194 g/mol. The molecule has 0 atom stereocenters. The highest BCUT2D eigenvalue weighted by atomic mass is 16.4. The molecule has 0 amide bonds. The van der Waals surface area contributed by atoms with E-state index in [1.165, 1.54) is 0 Å². The van der Waals surface area contributed by atoms with Gasteiger partial charge in [-0.1, -0.05) is 5.21 Å². The lowest BCUT2D eigenvalue weighted by Gasteiger charge is -2.17. The van der Waals surface area contributed by atoms with Crippen LogP contribution in [0.2, 0.25) is 0 Å². The van der Waals surface area contributed by atoms with Crippen LogP contribution in [0.5, 0.6) is 0 Å². The Kier molecular flexibility index (Phi) is 3.44. The summed E-state index contributed by atoms with van der Waals surface area (Å²) in [5, 5.41) is 16.5. The summed E-state index contributed by atoms with van der Waals surface area (Å²) >= 11 is 0. The number of nitrogens with zero attached hydrogens (tertiary/aromatic N) is 3. The molecule has 0 aliphatic carbocycles. The van der Waals surface area contributed by atoms with E-state index >= 15 is 0 Å². The predicted molar refractivity (Wildman–Crippen MR) is 55.6 cm³/mol. The summed E-state index contributed by atoms with van der Waals surface area (Å²) in [4.78, 5) is 10.3. The molecule has 0 saturated carbocycles. The first-order valence-electron chi connectivity index (χ1n) is 5.03. The number of rotatable bonds is 4. The van der Waals surface area contributed by atoms with E-state index in [0.29, 0.717) is 12.8 Å². The molecule has 1 aromatic heterocycles. The molecule has 1 heterocycles. The average Bonchev–Trinajstić information content (AvgIpc) is 2.51. The molecule has 0 aliphatic rings. The van der Waals surface area contributed by atoms with Crippen molar-refractivity contribution in [3.63, 3.8) is 0 Å². The Morgan fingerprint density at radius 3 is 2.67 bits per heavy atom. The van der Waals surface area contributed by atoms with E-state index < -0.39 is 5.97 Å². The zero-order valence-electron chi connectivity index (χ0n) is 9.40. The smallest absolute Gasteiger partial charge is 0.303 e. The summed E-state index contributed by atoms with van der Waals surface area (Å²) in [6, 6.07) is 0. The molecule has 1 rings (SSSR count). The Bertz CT molecular complexity index is 339. The summed E-state index contributed by atoms with van der Waals surface area (Å²) in [5.41, 5.74) is 0.782. The van der Waals surface area contributed by atoms with Gasteiger partial charge >= 0.3 is 5.97 Å². The minimum absolute atomic E-state index is 0.0714. The van der Waals surface area contributed by atoms with Gasteiger partial charge in [-0.05, 0) is 33.6 Å². The van der Waals surface area contributed by atoms with Gasteiger partial charge in [0.2, 0.25) is 0 Å². The molecule has 1 N–H and O–H groups in total. The molecule has 15 heavy (non-hydrogen) atoms. The van der Waals surface area contributed by atoms with E-state index in [-0.39, 0.29) is 12.0 Å². The predicted octanol–water partition coefficient (Wildman–Crippen LogP) is 1.44. The van der Waals surface area contributed by atoms with Crippen molar-refractivity contribution in [3.8, 4) is 0 Å². The standard InChI is InChI=1S/C10H17N3O2/c1-10(2,3)13-7-8(11-12-13)5-4-6-9(14)15/h7H,4-6H2,1-3H3,(H,14,15). The number of carbonyl (C=O) groups is 1. The van der Waals surface area contributed by atoms with Crippen LogP contribution >= 0.6 is 0 Å². The minimum atomic E-state index is -0.766. The molecule has 0 aliphatic heterocycles. The van der Waals surface area contributed by atoms with E-state index in [9.17, 15) is 4.79 Å². The quantitative estimate of drug-likeness (QED) is 0.818. The fourth-order valence-corrected chi connectivity index (χ4v) is 1.16. The monoisotopic (exact) mass is 211 g/mol. The maximum Gasteiger partial charge on any atom is 0.303 e. The van der Waals surface area contributed by atoms with Crippen molar-refractivity contribution >= 4 is 5.97 Å². The molecule has 0 radical (unpaired) electrons. The summed E-state index contributed by atoms with van der Waals surface area (Å²) in [6.07, 6.45) is 3.34. The third kappa shape index (κ3) is 3.69. The van der Waals surface area contributed by atoms with E-state index in [0.717, 1.165) is 5.69 Å². The molecule has 5 nitrogen and oxygen atoms in total. The molecule has 1 aromatic rings. The Morgan fingerprint density at radius 1 is 1.53 bits per heavy atom. The van der Waals surface area contributed by atoms with Crippen molar-refractivity contribution < 1.29 is 9.90 Å². The Labute approximate surface area is 89.1 Å². The van der Waals surface area contributed by atoms with E-state index in [4.69, 9.17) is 5.11 Å². The van der Waals surface area contributed by atoms with Crippen LogP contribution in [0.15, 0.2) is 6.20 Å². The average molecular weight is 211 g/mol. The molecule has 0 unspecified atom stereocenters. The Balaban J connectivity index is 2.50. The number of carboxylic acid groups (broad SMARTS) is 1. The summed E-state index contributed by atoms with van der Waals surface area (Å²) < 4.78 is 1.79. The zero-order valence-corrected chi connectivity index (χ0v) is 9.40. The van der Waals surface area contributed by atoms with E-state index in [2.05, 4.69) is 10.3 Å². The van der Waals surface area contributed by atoms with Crippen LogP contribution in [-0.4, -0.2) is 26.1 Å². The van der Waals surface area contributed by atoms with Crippen LogP contribution in [0, 0.1) is 0 Å². The van der Waals surface area contributed by atoms with E-state index in [1.807, 2.05) is 27.0 Å². The fourth-order valence-electron chi connectivity index (χ4n) is 1.16. The second-order valence-corrected chi connectivity index (χ2v) is 4.57. The van der Waals surface area contributed by atoms with E-state index in [1.54, 1.807) is 4.68 Å². The Morgan fingerprint density at radius 2 is 2.20 bits per heavy atom. The van der Waals surface area contributed by atoms with Crippen LogP contribution < -0.4 is 0 Å². The molecule has 0 bridgehead atoms. The first-order valence-corrected chi connectivity index (χ1v) is 5.03. The van der Waals surface area contributed by atoms with Gasteiger partial charge < -0.3 is 5.11 Å². The van der Waals surface area contributed by atoms with Crippen LogP contribution in [0.25, 0.3) is 0 Å². The largest absolute Gasteiger partial charge is 0.481 e. The Hall–Kier alpha value is -1.39. The van der Waals surface area contributed by atoms with Crippen molar-refractivity contribution in [1.82, 2.24) is 15.0 Å². The molecular formula is C10H17N3O2. The van der Waals surface area contributed by atoms with Crippen LogP contribution in [0.4, 0.5) is 0 Å². The number of hydrogen-bond acceptors (Lipinski definition) is 3. The number of hydrogen-bond donors (Lipinski definition) is 1. The van der Waals surface area contributed by atoms with Gasteiger partial charge in [0.15, 0.2) is 0 Å². The van der Waals surface area contributed by atoms with Gasteiger partial charge in [0.05, 0.1) is 11.2 Å². The molecule has 0 spiro atoms. The normalized spacial score (nSPS) is 11.7. The number of aliphatic carboxylic acids is 1. The van der Waals surface area contributed by atoms with Gasteiger partial charge in [-0.3, -0.25) is 4.79 Å². The number of carboxylic acids is 1.